The number of methoxy groups -OCH3 is 1. The van der Waals surface area contributed by atoms with Crippen LogP contribution in [0, 0.1) is 13.8 Å². The number of para-hydroxylation sites is 1. The molecule has 0 saturated carbocycles. The molecule has 0 radical (unpaired) electrons. The number of hydrogen-bond acceptors (Lipinski definition) is 8. The molecule has 148 valence electrons. The molecule has 8 heteroatoms. The summed E-state index contributed by atoms with van der Waals surface area (Å²) in [6.45, 7) is 5.57. The lowest BCUT2D eigenvalue weighted by Gasteiger charge is -2.14. The normalized spacial score (nSPS) is 11.8. The van der Waals surface area contributed by atoms with Gasteiger partial charge < -0.3 is 19.1 Å². The zero-order valence-corrected chi connectivity index (χ0v) is 16.8. The molecule has 0 bridgehead atoms. The first-order chi connectivity index (χ1) is 13.4. The monoisotopic (exact) mass is 385 g/mol. The molecular weight excluding hydrogens is 362 g/mol. The molecule has 1 aromatic carbocycles. The highest BCUT2D eigenvalue weighted by atomic mass is 16.6. The van der Waals surface area contributed by atoms with Gasteiger partial charge in [-0.25, -0.2) is 9.78 Å². The van der Waals surface area contributed by atoms with E-state index in [0.29, 0.717) is 22.9 Å². The van der Waals surface area contributed by atoms with E-state index in [4.69, 9.17) is 19.1 Å². The molecule has 0 N–H and O–H groups in total. The SMILES string of the molecule is CO/N=C(/C)c1cc(C)c(Oc2ccccc2/C(=N\OC)C(=O)OC)nc1C. The molecule has 28 heavy (non-hydrogen) atoms. The summed E-state index contributed by atoms with van der Waals surface area (Å²) in [5.74, 6) is 0.162. The largest absolute Gasteiger partial charge is 0.464 e. The molecule has 0 aliphatic carbocycles. The zero-order valence-electron chi connectivity index (χ0n) is 16.8. The maximum atomic E-state index is 12.1. The Morgan fingerprint density at radius 1 is 1.00 bits per heavy atom. The number of esters is 1. The van der Waals surface area contributed by atoms with Crippen LogP contribution in [0.3, 0.4) is 0 Å². The van der Waals surface area contributed by atoms with Gasteiger partial charge in [-0.1, -0.05) is 22.4 Å². The molecule has 0 saturated heterocycles. The van der Waals surface area contributed by atoms with Crippen molar-refractivity contribution >= 4 is 17.4 Å². The van der Waals surface area contributed by atoms with Gasteiger partial charge in [-0.05, 0) is 39.0 Å². The minimum atomic E-state index is -0.638. The van der Waals surface area contributed by atoms with Gasteiger partial charge in [0.05, 0.1) is 24.1 Å². The van der Waals surface area contributed by atoms with E-state index in [1.54, 1.807) is 24.3 Å². The van der Waals surface area contributed by atoms with Gasteiger partial charge in [0.25, 0.3) is 0 Å². The van der Waals surface area contributed by atoms with Crippen molar-refractivity contribution in [3.05, 3.63) is 52.7 Å². The van der Waals surface area contributed by atoms with Crippen LogP contribution >= 0.6 is 0 Å². The summed E-state index contributed by atoms with van der Waals surface area (Å²) in [5, 5.41) is 7.73. The Hall–Kier alpha value is -3.42. The third-order valence-corrected chi connectivity index (χ3v) is 3.89. The molecule has 0 aliphatic heterocycles. The van der Waals surface area contributed by atoms with Gasteiger partial charge in [0.1, 0.15) is 20.0 Å². The van der Waals surface area contributed by atoms with Crippen molar-refractivity contribution in [1.29, 1.82) is 0 Å². The topological polar surface area (TPSA) is 91.6 Å². The number of oxime groups is 2. The Morgan fingerprint density at radius 2 is 1.68 bits per heavy atom. The molecule has 2 rings (SSSR count). The molecule has 2 aromatic rings. The van der Waals surface area contributed by atoms with E-state index >= 15 is 0 Å². The molecule has 1 aromatic heterocycles. The lowest BCUT2D eigenvalue weighted by Crippen LogP contribution is -2.18. The van der Waals surface area contributed by atoms with E-state index in [2.05, 4.69) is 15.3 Å². The molecule has 0 fully saturated rings. The van der Waals surface area contributed by atoms with Crippen LogP contribution in [0.4, 0.5) is 0 Å². The molecule has 0 aliphatic rings. The second kappa shape index (κ2) is 9.50. The summed E-state index contributed by atoms with van der Waals surface area (Å²) < 4.78 is 10.8. The molecule has 0 amide bonds. The number of nitrogens with zero attached hydrogens (tertiary/aromatic N) is 3. The van der Waals surface area contributed by atoms with Gasteiger partial charge in [-0.3, -0.25) is 0 Å². The van der Waals surface area contributed by atoms with Gasteiger partial charge in [0.15, 0.2) is 5.71 Å². The van der Waals surface area contributed by atoms with Crippen molar-refractivity contribution in [3.63, 3.8) is 0 Å². The van der Waals surface area contributed by atoms with E-state index in [0.717, 1.165) is 16.8 Å². The summed E-state index contributed by atoms with van der Waals surface area (Å²) in [7, 11) is 4.12. The highest BCUT2D eigenvalue weighted by molar-refractivity contribution is 6.43. The Kier molecular flexibility index (Phi) is 7.08. The van der Waals surface area contributed by atoms with E-state index in [-0.39, 0.29) is 5.71 Å². The maximum Gasteiger partial charge on any atom is 0.360 e. The van der Waals surface area contributed by atoms with Crippen LogP contribution in [0.15, 0.2) is 40.6 Å². The summed E-state index contributed by atoms with van der Waals surface area (Å²) in [5.41, 5.74) is 3.52. The van der Waals surface area contributed by atoms with Crippen LogP contribution in [-0.2, 0) is 19.2 Å². The molecule has 8 nitrogen and oxygen atoms in total. The highest BCUT2D eigenvalue weighted by Gasteiger charge is 2.21. The Labute approximate surface area is 163 Å². The fourth-order valence-electron chi connectivity index (χ4n) is 2.58. The van der Waals surface area contributed by atoms with Crippen molar-refractivity contribution in [2.24, 2.45) is 10.3 Å². The summed E-state index contributed by atoms with van der Waals surface area (Å²) in [4.78, 5) is 26.2. The van der Waals surface area contributed by atoms with Crippen molar-refractivity contribution in [2.45, 2.75) is 20.8 Å². The number of carbonyl (C=O) groups excluding carboxylic acids is 1. The first kappa shape index (κ1) is 20.9. The smallest absolute Gasteiger partial charge is 0.360 e. The number of pyridine rings is 1. The Bertz CT molecular complexity index is 922. The fourth-order valence-corrected chi connectivity index (χ4v) is 2.58. The minimum Gasteiger partial charge on any atom is -0.464 e. The zero-order chi connectivity index (χ0) is 20.7. The number of benzene rings is 1. The van der Waals surface area contributed by atoms with Crippen LogP contribution in [0.1, 0.15) is 29.3 Å². The second-order valence-electron chi connectivity index (χ2n) is 5.81. The van der Waals surface area contributed by atoms with E-state index in [1.165, 1.54) is 21.3 Å². The van der Waals surface area contributed by atoms with E-state index in [1.807, 2.05) is 26.8 Å². The molecule has 0 spiro atoms. The quantitative estimate of drug-likeness (QED) is 0.412. The van der Waals surface area contributed by atoms with Gasteiger partial charge in [-0.15, -0.1) is 0 Å². The molecule has 0 unspecified atom stereocenters. The van der Waals surface area contributed by atoms with Crippen LogP contribution < -0.4 is 4.74 Å². The lowest BCUT2D eigenvalue weighted by atomic mass is 10.1. The predicted octanol–water partition coefficient (Wildman–Crippen LogP) is 3.38. The van der Waals surface area contributed by atoms with E-state index in [9.17, 15) is 4.79 Å². The van der Waals surface area contributed by atoms with Gasteiger partial charge in [0, 0.05) is 11.1 Å². The average Bonchev–Trinajstić information content (AvgIpc) is 2.68. The van der Waals surface area contributed by atoms with Gasteiger partial charge in [-0.2, -0.15) is 0 Å². The van der Waals surface area contributed by atoms with Gasteiger partial charge in [0.2, 0.25) is 5.88 Å². The van der Waals surface area contributed by atoms with Crippen LogP contribution in [0.5, 0.6) is 11.6 Å². The second-order valence-corrected chi connectivity index (χ2v) is 5.81. The van der Waals surface area contributed by atoms with E-state index < -0.39 is 5.97 Å². The van der Waals surface area contributed by atoms with Crippen molar-refractivity contribution in [3.8, 4) is 11.6 Å². The third-order valence-electron chi connectivity index (χ3n) is 3.89. The number of ether oxygens (including phenoxy) is 2. The first-order valence-corrected chi connectivity index (χ1v) is 8.46. The number of aryl methyl sites for hydroxylation is 2. The number of rotatable bonds is 7. The Morgan fingerprint density at radius 3 is 2.32 bits per heavy atom. The standard InChI is InChI=1S/C20H23N3O5/c1-12-11-16(14(3)22-26-5)13(2)21-19(12)28-17-10-8-7-9-15(17)18(23-27-6)20(24)25-4/h7-11H,1-6H3/b22-14-,23-18+. The predicted molar refractivity (Wildman–Crippen MR) is 105 cm³/mol. The van der Waals surface area contributed by atoms with Crippen molar-refractivity contribution < 1.29 is 23.9 Å². The van der Waals surface area contributed by atoms with Crippen molar-refractivity contribution in [2.75, 3.05) is 21.3 Å². The first-order valence-electron chi connectivity index (χ1n) is 8.46. The molecule has 0 atom stereocenters. The average molecular weight is 385 g/mol. The minimum absolute atomic E-state index is 0.00494. The summed E-state index contributed by atoms with van der Waals surface area (Å²) in [6.07, 6.45) is 0. The summed E-state index contributed by atoms with van der Waals surface area (Å²) >= 11 is 0. The Balaban J connectivity index is 2.48. The molecule has 1 heterocycles. The number of aromatic nitrogens is 1. The van der Waals surface area contributed by atoms with Gasteiger partial charge >= 0.3 is 5.97 Å². The van der Waals surface area contributed by atoms with Crippen LogP contribution in [-0.4, -0.2) is 43.7 Å². The number of carbonyl (C=O) groups is 1. The summed E-state index contributed by atoms with van der Waals surface area (Å²) in [6, 6.07) is 8.87. The third kappa shape index (κ3) is 4.64. The molecular formula is C20H23N3O5. The fraction of sp³-hybridized carbons (Fsp3) is 0.300. The lowest BCUT2D eigenvalue weighted by molar-refractivity contribution is -0.132. The van der Waals surface area contributed by atoms with Crippen LogP contribution in [0.2, 0.25) is 0 Å². The number of hydrogen-bond donors (Lipinski definition) is 0. The van der Waals surface area contributed by atoms with Crippen LogP contribution in [0.25, 0.3) is 0 Å². The van der Waals surface area contributed by atoms with Crippen molar-refractivity contribution in [1.82, 2.24) is 4.98 Å². The highest BCUT2D eigenvalue weighted by Crippen LogP contribution is 2.28. The maximum absolute atomic E-state index is 12.1.